The first kappa shape index (κ1) is 25.4. The van der Waals surface area contributed by atoms with E-state index in [0.29, 0.717) is 16.5 Å². The van der Waals surface area contributed by atoms with Gasteiger partial charge in [-0.15, -0.1) is 0 Å². The average Bonchev–Trinajstić information content (AvgIpc) is 3.48. The number of nitrogens with one attached hydrogen (secondary N) is 1. The smallest absolute Gasteiger partial charge is 0.291 e. The highest BCUT2D eigenvalue weighted by Crippen LogP contribution is 2.32. The van der Waals surface area contributed by atoms with Crippen LogP contribution in [-0.2, 0) is 13.3 Å². The number of hydrogen-bond donors (Lipinski definition) is 1. The molecule has 7 nitrogen and oxygen atoms in total. The van der Waals surface area contributed by atoms with Crippen molar-refractivity contribution in [2.75, 3.05) is 5.32 Å². The lowest BCUT2D eigenvalue weighted by molar-refractivity contribution is 0.0992. The van der Waals surface area contributed by atoms with Crippen LogP contribution < -0.4 is 14.8 Å². The fraction of sp³-hybridized carbons (Fsp3) is 0.286. The maximum absolute atomic E-state index is 12.7. The largest absolute Gasteiger partial charge is 0.485 e. The van der Waals surface area contributed by atoms with E-state index in [1.807, 2.05) is 45.0 Å². The van der Waals surface area contributed by atoms with Gasteiger partial charge in [-0.1, -0.05) is 43.1 Å². The van der Waals surface area contributed by atoms with Crippen LogP contribution in [0.5, 0.6) is 11.5 Å². The number of aryl methyl sites for hydroxylation is 3. The molecule has 0 bridgehead atoms. The van der Waals surface area contributed by atoms with Crippen LogP contribution in [0, 0.1) is 20.8 Å². The van der Waals surface area contributed by atoms with Gasteiger partial charge in [0.2, 0.25) is 0 Å². The zero-order valence-corrected chi connectivity index (χ0v) is 21.8. The van der Waals surface area contributed by atoms with Crippen LogP contribution in [0.2, 0.25) is 5.02 Å². The predicted molar refractivity (Wildman–Crippen MR) is 140 cm³/mol. The molecule has 4 rings (SSSR count). The van der Waals surface area contributed by atoms with Gasteiger partial charge in [-0.2, -0.15) is 5.10 Å². The zero-order chi connectivity index (χ0) is 25.8. The molecule has 1 N–H and O–H groups in total. The molecular weight excluding hydrogens is 478 g/mol. The van der Waals surface area contributed by atoms with Gasteiger partial charge >= 0.3 is 0 Å². The summed E-state index contributed by atoms with van der Waals surface area (Å²) >= 11 is 6.28. The number of benzene rings is 2. The Hall–Kier alpha value is -3.71. The molecule has 4 aromatic rings. The highest BCUT2D eigenvalue weighted by Gasteiger charge is 2.15. The molecule has 0 saturated carbocycles. The van der Waals surface area contributed by atoms with Crippen LogP contribution >= 0.6 is 11.6 Å². The van der Waals surface area contributed by atoms with E-state index >= 15 is 0 Å². The van der Waals surface area contributed by atoms with E-state index in [1.165, 1.54) is 5.56 Å². The van der Waals surface area contributed by atoms with Gasteiger partial charge in [0.1, 0.15) is 23.9 Å². The van der Waals surface area contributed by atoms with E-state index in [0.717, 1.165) is 28.2 Å². The van der Waals surface area contributed by atoms with E-state index in [9.17, 15) is 4.79 Å². The van der Waals surface area contributed by atoms with Crippen molar-refractivity contribution in [3.05, 3.63) is 93.7 Å². The first-order valence-electron chi connectivity index (χ1n) is 11.7. The molecule has 2 heterocycles. The van der Waals surface area contributed by atoms with Crippen molar-refractivity contribution in [1.82, 2.24) is 9.78 Å². The number of rotatable bonds is 9. The van der Waals surface area contributed by atoms with Gasteiger partial charge in [0.05, 0.1) is 18.1 Å². The Morgan fingerprint density at radius 3 is 2.61 bits per heavy atom. The van der Waals surface area contributed by atoms with Gasteiger partial charge in [0.15, 0.2) is 12.5 Å². The third-order valence-corrected chi connectivity index (χ3v) is 6.15. The van der Waals surface area contributed by atoms with Gasteiger partial charge in [-0.05, 0) is 73.7 Å². The number of hydrogen-bond acceptors (Lipinski definition) is 5. The molecule has 36 heavy (non-hydrogen) atoms. The van der Waals surface area contributed by atoms with Crippen LogP contribution in [-0.4, -0.2) is 15.7 Å². The Labute approximate surface area is 216 Å². The van der Waals surface area contributed by atoms with Gasteiger partial charge in [0, 0.05) is 5.02 Å². The number of furan rings is 1. The van der Waals surface area contributed by atoms with E-state index in [2.05, 4.69) is 30.3 Å². The SMILES string of the molecule is Cc1ccc(OCn2cc(NC(=O)c3ccc(COc4cc(C)c(Cl)cc4C(C)C)o3)cn2)c(C)c1. The molecule has 2 aromatic heterocycles. The summed E-state index contributed by atoms with van der Waals surface area (Å²) in [5.41, 5.74) is 4.73. The Bertz CT molecular complexity index is 1370. The number of carbonyl (C=O) groups excluding carboxylic acids is 1. The molecule has 0 saturated heterocycles. The number of amides is 1. The normalized spacial score (nSPS) is 11.1. The molecule has 0 spiro atoms. The van der Waals surface area contributed by atoms with Crippen LogP contribution in [0.25, 0.3) is 0 Å². The molecule has 1 amide bonds. The predicted octanol–water partition coefficient (Wildman–Crippen LogP) is 7.05. The summed E-state index contributed by atoms with van der Waals surface area (Å²) in [4.78, 5) is 12.7. The molecule has 0 atom stereocenters. The molecule has 2 aromatic carbocycles. The van der Waals surface area contributed by atoms with E-state index < -0.39 is 0 Å². The number of nitrogens with zero attached hydrogens (tertiary/aromatic N) is 2. The van der Waals surface area contributed by atoms with Gasteiger partial charge in [-0.3, -0.25) is 4.79 Å². The minimum atomic E-state index is -0.374. The third-order valence-electron chi connectivity index (χ3n) is 5.74. The monoisotopic (exact) mass is 507 g/mol. The lowest BCUT2D eigenvalue weighted by Crippen LogP contribution is -2.10. The van der Waals surface area contributed by atoms with Gasteiger partial charge in [0.25, 0.3) is 5.91 Å². The molecule has 0 radical (unpaired) electrons. The van der Waals surface area contributed by atoms with Crippen molar-refractivity contribution in [2.24, 2.45) is 0 Å². The Balaban J connectivity index is 1.33. The van der Waals surface area contributed by atoms with Crippen molar-refractivity contribution in [3.63, 3.8) is 0 Å². The highest BCUT2D eigenvalue weighted by molar-refractivity contribution is 6.31. The first-order chi connectivity index (χ1) is 17.2. The summed E-state index contributed by atoms with van der Waals surface area (Å²) in [7, 11) is 0. The summed E-state index contributed by atoms with van der Waals surface area (Å²) < 4.78 is 19.2. The topological polar surface area (TPSA) is 78.5 Å². The summed E-state index contributed by atoms with van der Waals surface area (Å²) in [5.74, 6) is 2.15. The zero-order valence-electron chi connectivity index (χ0n) is 21.1. The van der Waals surface area contributed by atoms with Crippen molar-refractivity contribution in [1.29, 1.82) is 0 Å². The maximum Gasteiger partial charge on any atom is 0.291 e. The number of carbonyl (C=O) groups is 1. The number of anilines is 1. The Kier molecular flexibility index (Phi) is 7.70. The first-order valence-corrected chi connectivity index (χ1v) is 12.1. The minimum Gasteiger partial charge on any atom is -0.485 e. The third kappa shape index (κ3) is 6.10. The number of aromatic nitrogens is 2. The molecule has 0 unspecified atom stereocenters. The quantitative estimate of drug-likeness (QED) is 0.262. The van der Waals surface area contributed by atoms with Crippen LogP contribution in [0.4, 0.5) is 5.69 Å². The number of ether oxygens (including phenoxy) is 2. The van der Waals surface area contributed by atoms with Gasteiger partial charge in [-0.25, -0.2) is 4.68 Å². The summed E-state index contributed by atoms with van der Waals surface area (Å²) in [6, 6.07) is 13.2. The second-order valence-electron chi connectivity index (χ2n) is 9.11. The van der Waals surface area contributed by atoms with E-state index in [4.69, 9.17) is 25.5 Å². The molecule has 0 aliphatic carbocycles. The lowest BCUT2D eigenvalue weighted by Gasteiger charge is -2.15. The molecule has 0 aliphatic heterocycles. The lowest BCUT2D eigenvalue weighted by atomic mass is 10.0. The van der Waals surface area contributed by atoms with Crippen molar-refractivity contribution in [2.45, 2.75) is 53.9 Å². The van der Waals surface area contributed by atoms with Crippen molar-refractivity contribution in [3.8, 4) is 11.5 Å². The van der Waals surface area contributed by atoms with E-state index in [-0.39, 0.29) is 30.9 Å². The van der Waals surface area contributed by atoms with Crippen LogP contribution in [0.3, 0.4) is 0 Å². The highest BCUT2D eigenvalue weighted by atomic mass is 35.5. The summed E-state index contributed by atoms with van der Waals surface area (Å²) in [6.45, 7) is 10.6. The van der Waals surface area contributed by atoms with Crippen molar-refractivity contribution < 1.29 is 18.7 Å². The van der Waals surface area contributed by atoms with E-state index in [1.54, 1.807) is 29.2 Å². The van der Waals surface area contributed by atoms with Crippen molar-refractivity contribution >= 4 is 23.2 Å². The molecule has 188 valence electrons. The fourth-order valence-corrected chi connectivity index (χ4v) is 3.93. The summed E-state index contributed by atoms with van der Waals surface area (Å²) in [6.07, 6.45) is 3.26. The van der Waals surface area contributed by atoms with Gasteiger partial charge < -0.3 is 19.2 Å². The summed E-state index contributed by atoms with van der Waals surface area (Å²) in [5, 5.41) is 7.75. The van der Waals surface area contributed by atoms with Crippen LogP contribution in [0.1, 0.15) is 58.3 Å². The Morgan fingerprint density at radius 1 is 1.06 bits per heavy atom. The standard InChI is InChI=1S/C28H30ClN3O4/c1-17(2)23-12-24(29)19(4)11-27(23)34-15-22-7-9-26(36-22)28(33)31-21-13-30-32(14-21)16-35-25-8-6-18(3)10-20(25)5/h6-14,17H,15-16H2,1-5H3,(H,31,33). The second-order valence-corrected chi connectivity index (χ2v) is 9.52. The molecule has 0 aliphatic rings. The number of halogens is 1. The maximum atomic E-state index is 12.7. The Morgan fingerprint density at radius 2 is 1.86 bits per heavy atom. The molecular formula is C28H30ClN3O4. The second kappa shape index (κ2) is 10.9. The van der Waals surface area contributed by atoms with Crippen LogP contribution in [0.15, 0.2) is 59.3 Å². The minimum absolute atomic E-state index is 0.184. The fourth-order valence-electron chi connectivity index (χ4n) is 3.76. The molecule has 0 fully saturated rings. The molecule has 8 heteroatoms. The average molecular weight is 508 g/mol.